The maximum atomic E-state index is 11.4. The van der Waals surface area contributed by atoms with Crippen molar-refractivity contribution < 1.29 is 19.0 Å². The van der Waals surface area contributed by atoms with Crippen molar-refractivity contribution in [1.82, 2.24) is 0 Å². The van der Waals surface area contributed by atoms with Gasteiger partial charge in [0.05, 0.1) is 6.66 Å². The predicted octanol–water partition coefficient (Wildman–Crippen LogP) is 3.53. The number of hydrogen-bond acceptors (Lipinski definition) is 4. The first-order valence-electron chi connectivity index (χ1n) is 4.70. The van der Waals surface area contributed by atoms with E-state index in [9.17, 15) is 4.57 Å². The van der Waals surface area contributed by atoms with Crippen LogP contribution in [-0.4, -0.2) is 11.9 Å². The third kappa shape index (κ3) is 2.42. The molecule has 0 amide bonds. The van der Waals surface area contributed by atoms with Crippen LogP contribution in [0.4, 0.5) is 0 Å². The van der Waals surface area contributed by atoms with Gasteiger partial charge in [-0.15, -0.1) is 4.67 Å². The van der Waals surface area contributed by atoms with E-state index in [4.69, 9.17) is 9.78 Å². The summed E-state index contributed by atoms with van der Waals surface area (Å²) in [6, 6.07) is 13.0. The maximum absolute atomic E-state index is 11.4. The standard InChI is InChI=1S/C11H11O4P/c1-16(13,15-12)14-11-7-6-9-4-2-3-5-10(9)8-11/h2-8,12H,1H3. The van der Waals surface area contributed by atoms with Crippen LogP contribution >= 0.6 is 7.60 Å². The number of rotatable bonds is 3. The van der Waals surface area contributed by atoms with E-state index in [1.54, 1.807) is 12.1 Å². The van der Waals surface area contributed by atoms with E-state index >= 15 is 0 Å². The monoisotopic (exact) mass is 238 g/mol. The smallest absolute Gasteiger partial charge is 0.402 e. The second kappa shape index (κ2) is 4.26. The average molecular weight is 238 g/mol. The Hall–Kier alpha value is -1.35. The van der Waals surface area contributed by atoms with Crippen molar-refractivity contribution in [2.45, 2.75) is 0 Å². The Labute approximate surface area is 92.9 Å². The number of hydrogen-bond donors (Lipinski definition) is 1. The van der Waals surface area contributed by atoms with Gasteiger partial charge in [0.2, 0.25) is 0 Å². The number of fused-ring (bicyclic) bond motifs is 1. The molecule has 0 aromatic heterocycles. The van der Waals surface area contributed by atoms with Gasteiger partial charge in [0.25, 0.3) is 0 Å². The normalized spacial score (nSPS) is 14.6. The van der Waals surface area contributed by atoms with E-state index in [0.717, 1.165) is 10.8 Å². The Bertz CT molecular complexity index is 552. The van der Waals surface area contributed by atoms with Crippen molar-refractivity contribution in [3.63, 3.8) is 0 Å². The maximum Gasteiger partial charge on any atom is 0.402 e. The van der Waals surface area contributed by atoms with E-state index in [1.165, 1.54) is 6.66 Å². The Morgan fingerprint density at radius 2 is 1.81 bits per heavy atom. The van der Waals surface area contributed by atoms with Crippen molar-refractivity contribution in [1.29, 1.82) is 0 Å². The van der Waals surface area contributed by atoms with Gasteiger partial charge in [-0.3, -0.25) is 0 Å². The lowest BCUT2D eigenvalue weighted by Gasteiger charge is -2.11. The van der Waals surface area contributed by atoms with Crippen molar-refractivity contribution >= 4 is 18.4 Å². The highest BCUT2D eigenvalue weighted by molar-refractivity contribution is 7.53. The van der Waals surface area contributed by atoms with E-state index < -0.39 is 7.60 Å². The molecule has 84 valence electrons. The Kier molecular flexibility index (Phi) is 2.97. The zero-order chi connectivity index (χ0) is 11.6. The third-order valence-electron chi connectivity index (χ3n) is 2.14. The molecule has 4 nitrogen and oxygen atoms in total. The highest BCUT2D eigenvalue weighted by Gasteiger charge is 2.18. The van der Waals surface area contributed by atoms with Crippen LogP contribution in [0.1, 0.15) is 0 Å². The van der Waals surface area contributed by atoms with Gasteiger partial charge in [-0.1, -0.05) is 30.3 Å². The first kappa shape index (κ1) is 11.1. The minimum atomic E-state index is -3.42. The van der Waals surface area contributed by atoms with Gasteiger partial charge in [-0.2, -0.15) is 0 Å². The molecule has 0 fully saturated rings. The van der Waals surface area contributed by atoms with Gasteiger partial charge in [0, 0.05) is 0 Å². The van der Waals surface area contributed by atoms with Crippen LogP contribution in [0, 0.1) is 0 Å². The molecule has 5 heteroatoms. The van der Waals surface area contributed by atoms with Gasteiger partial charge in [-0.25, -0.2) is 9.82 Å². The summed E-state index contributed by atoms with van der Waals surface area (Å²) >= 11 is 0. The summed E-state index contributed by atoms with van der Waals surface area (Å²) in [5, 5.41) is 10.4. The van der Waals surface area contributed by atoms with Gasteiger partial charge in [0.1, 0.15) is 5.75 Å². The summed E-state index contributed by atoms with van der Waals surface area (Å²) < 4.78 is 20.2. The van der Waals surface area contributed by atoms with Crippen LogP contribution in [0.3, 0.4) is 0 Å². The van der Waals surface area contributed by atoms with Crippen LogP contribution in [0.25, 0.3) is 10.8 Å². The van der Waals surface area contributed by atoms with Gasteiger partial charge in [0.15, 0.2) is 0 Å². The lowest BCUT2D eigenvalue weighted by molar-refractivity contribution is -0.143. The summed E-state index contributed by atoms with van der Waals surface area (Å²) in [7, 11) is -3.42. The molecule has 0 saturated carbocycles. The van der Waals surface area contributed by atoms with Crippen molar-refractivity contribution in [2.24, 2.45) is 0 Å². The topological polar surface area (TPSA) is 55.8 Å². The van der Waals surface area contributed by atoms with Crippen LogP contribution in [0.2, 0.25) is 0 Å². The van der Waals surface area contributed by atoms with Crippen molar-refractivity contribution in [3.05, 3.63) is 42.5 Å². The zero-order valence-electron chi connectivity index (χ0n) is 8.66. The summed E-state index contributed by atoms with van der Waals surface area (Å²) in [6.07, 6.45) is 0. The van der Waals surface area contributed by atoms with Crippen LogP contribution in [-0.2, 0) is 9.24 Å². The molecule has 0 aliphatic heterocycles. The molecular formula is C11H11O4P. The Morgan fingerprint density at radius 1 is 1.12 bits per heavy atom. The zero-order valence-corrected chi connectivity index (χ0v) is 9.56. The van der Waals surface area contributed by atoms with Crippen LogP contribution in [0.5, 0.6) is 5.75 Å². The second-order valence-electron chi connectivity index (χ2n) is 3.45. The lowest BCUT2D eigenvalue weighted by Crippen LogP contribution is -1.93. The molecule has 0 bridgehead atoms. The molecule has 1 atom stereocenters. The molecule has 0 spiro atoms. The first-order chi connectivity index (χ1) is 7.61. The Morgan fingerprint density at radius 3 is 2.50 bits per heavy atom. The second-order valence-corrected chi connectivity index (χ2v) is 5.34. The minimum absolute atomic E-state index is 0.401. The van der Waals surface area contributed by atoms with Gasteiger partial charge in [-0.05, 0) is 22.9 Å². The van der Waals surface area contributed by atoms with E-state index in [-0.39, 0.29) is 0 Å². The molecule has 1 unspecified atom stereocenters. The minimum Gasteiger partial charge on any atom is -0.423 e. The molecule has 0 aliphatic carbocycles. The van der Waals surface area contributed by atoms with Gasteiger partial charge >= 0.3 is 7.60 Å². The molecule has 0 heterocycles. The van der Waals surface area contributed by atoms with Gasteiger partial charge < -0.3 is 4.52 Å². The third-order valence-corrected chi connectivity index (χ3v) is 2.98. The first-order valence-corrected chi connectivity index (χ1v) is 6.69. The molecule has 1 N–H and O–H groups in total. The summed E-state index contributed by atoms with van der Waals surface area (Å²) in [6.45, 7) is 1.20. The van der Waals surface area contributed by atoms with E-state index in [0.29, 0.717) is 5.75 Å². The largest absolute Gasteiger partial charge is 0.423 e. The lowest BCUT2D eigenvalue weighted by atomic mass is 10.1. The van der Waals surface area contributed by atoms with Crippen molar-refractivity contribution in [2.75, 3.05) is 6.66 Å². The molecule has 0 saturated heterocycles. The predicted molar refractivity (Wildman–Crippen MR) is 61.8 cm³/mol. The fourth-order valence-electron chi connectivity index (χ4n) is 1.43. The van der Waals surface area contributed by atoms with E-state index in [2.05, 4.69) is 4.67 Å². The molecule has 0 radical (unpaired) electrons. The SMILES string of the molecule is CP(=O)(OO)Oc1ccc2ccccc2c1. The number of benzene rings is 2. The highest BCUT2D eigenvalue weighted by atomic mass is 31.2. The Balaban J connectivity index is 2.37. The molecule has 2 aromatic carbocycles. The molecule has 16 heavy (non-hydrogen) atoms. The fourth-order valence-corrected chi connectivity index (χ4v) is 1.96. The molecule has 2 rings (SSSR count). The summed E-state index contributed by atoms with van der Waals surface area (Å²) in [5.74, 6) is 0.401. The summed E-state index contributed by atoms with van der Waals surface area (Å²) in [4.78, 5) is 0. The van der Waals surface area contributed by atoms with Crippen LogP contribution in [0.15, 0.2) is 42.5 Å². The molecule has 0 aliphatic rings. The molecular weight excluding hydrogens is 227 g/mol. The summed E-state index contributed by atoms with van der Waals surface area (Å²) in [5.41, 5.74) is 0. The molecule has 2 aromatic rings. The van der Waals surface area contributed by atoms with Crippen LogP contribution < -0.4 is 4.52 Å². The quantitative estimate of drug-likeness (QED) is 0.505. The van der Waals surface area contributed by atoms with E-state index in [1.807, 2.05) is 30.3 Å². The average Bonchev–Trinajstić information content (AvgIpc) is 2.28. The highest BCUT2D eigenvalue weighted by Crippen LogP contribution is 2.43. The fraction of sp³-hybridized carbons (Fsp3) is 0.0909. The van der Waals surface area contributed by atoms with Crippen molar-refractivity contribution in [3.8, 4) is 5.75 Å².